The number of carbonyl (C=O) groups is 2. The minimum atomic E-state index is -2.19. The Balaban J connectivity index is 1.82. The number of nitrogens with zero attached hydrogens (tertiary/aromatic N) is 2. The molecule has 1 fully saturated rings. The molecule has 0 radical (unpaired) electrons. The summed E-state index contributed by atoms with van der Waals surface area (Å²) in [7, 11) is 0. The van der Waals surface area contributed by atoms with E-state index in [1.807, 2.05) is 6.07 Å². The molecule has 0 aliphatic carbocycles. The van der Waals surface area contributed by atoms with Crippen LogP contribution in [0.3, 0.4) is 0 Å². The van der Waals surface area contributed by atoms with Gasteiger partial charge in [0.2, 0.25) is 12.6 Å². The van der Waals surface area contributed by atoms with Crippen LogP contribution in [0.25, 0.3) is 6.08 Å². The van der Waals surface area contributed by atoms with Gasteiger partial charge >= 0.3 is 5.97 Å². The predicted molar refractivity (Wildman–Crippen MR) is 116 cm³/mol. The molecule has 0 aromatic heterocycles. The minimum Gasteiger partial charge on any atom is -0.464 e. The molecule has 7 nitrogen and oxygen atoms in total. The number of hydrogen-bond acceptors (Lipinski definition) is 8. The zero-order chi connectivity index (χ0) is 22.0. The second kappa shape index (κ2) is 8.46. The summed E-state index contributed by atoms with van der Waals surface area (Å²) in [4.78, 5) is 30.7. The Labute approximate surface area is 187 Å². The van der Waals surface area contributed by atoms with E-state index < -0.39 is 17.2 Å². The number of ketones is 1. The number of esters is 1. The number of halogens is 1. The first kappa shape index (κ1) is 21.0. The number of thioether (sulfide) groups is 1. The zero-order valence-corrected chi connectivity index (χ0v) is 17.8. The van der Waals surface area contributed by atoms with Gasteiger partial charge in [-0.3, -0.25) is 4.79 Å². The van der Waals surface area contributed by atoms with Gasteiger partial charge in [-0.25, -0.2) is 9.79 Å². The highest BCUT2D eigenvalue weighted by Crippen LogP contribution is 2.47. The Kier molecular flexibility index (Phi) is 5.72. The molecular weight excluding hydrogens is 440 g/mol. The monoisotopic (exact) mass is 454 g/mol. The Hall–Kier alpha value is -3.28. The van der Waals surface area contributed by atoms with E-state index in [9.17, 15) is 14.9 Å². The van der Waals surface area contributed by atoms with Crippen molar-refractivity contribution in [3.05, 3.63) is 58.0 Å². The van der Waals surface area contributed by atoms with Crippen LogP contribution in [0, 0.1) is 16.7 Å². The molecule has 1 saturated heterocycles. The summed E-state index contributed by atoms with van der Waals surface area (Å²) in [5.74, 6) is -0.505. The van der Waals surface area contributed by atoms with Crippen molar-refractivity contribution >= 4 is 51.9 Å². The van der Waals surface area contributed by atoms with Crippen LogP contribution < -0.4 is 9.47 Å². The van der Waals surface area contributed by atoms with Crippen LogP contribution in [0.5, 0.6) is 11.5 Å². The number of ether oxygens (including phenoxy) is 3. The lowest BCUT2D eigenvalue weighted by atomic mass is 9.85. The van der Waals surface area contributed by atoms with Crippen LogP contribution in [0.4, 0.5) is 5.69 Å². The maximum absolute atomic E-state index is 13.3. The van der Waals surface area contributed by atoms with Gasteiger partial charge in [-0.05, 0) is 42.8 Å². The molecular formula is C22H15ClN2O5S. The van der Waals surface area contributed by atoms with Gasteiger partial charge in [0.1, 0.15) is 5.04 Å². The van der Waals surface area contributed by atoms with Crippen LogP contribution >= 0.6 is 23.4 Å². The molecule has 0 amide bonds. The molecule has 156 valence electrons. The van der Waals surface area contributed by atoms with E-state index >= 15 is 0 Å². The summed E-state index contributed by atoms with van der Waals surface area (Å²) >= 11 is 7.14. The zero-order valence-electron chi connectivity index (χ0n) is 16.3. The fourth-order valence-corrected chi connectivity index (χ4v) is 4.43. The molecule has 2 aliphatic rings. The lowest BCUT2D eigenvalue weighted by Gasteiger charge is -2.16. The fraction of sp³-hybridized carbons (Fsp3) is 0.182. The van der Waals surface area contributed by atoms with E-state index in [0.29, 0.717) is 27.8 Å². The molecule has 1 unspecified atom stereocenters. The molecule has 0 saturated carbocycles. The molecule has 1 atom stereocenters. The fourth-order valence-electron chi connectivity index (χ4n) is 3.08. The van der Waals surface area contributed by atoms with E-state index in [2.05, 4.69) is 4.99 Å². The number of hydrogen-bond donors (Lipinski definition) is 0. The van der Waals surface area contributed by atoms with Crippen molar-refractivity contribution in [1.29, 1.82) is 5.26 Å². The highest BCUT2D eigenvalue weighted by atomic mass is 35.5. The average molecular weight is 455 g/mol. The normalized spacial score (nSPS) is 22.0. The molecule has 2 aromatic rings. The number of para-hydroxylation sites is 1. The maximum atomic E-state index is 13.3. The Morgan fingerprint density at radius 2 is 2.10 bits per heavy atom. The lowest BCUT2D eigenvalue weighted by Crippen LogP contribution is -2.41. The molecule has 2 aliphatic heterocycles. The molecule has 2 aromatic carbocycles. The molecule has 9 heteroatoms. The molecule has 0 spiro atoms. The molecule has 0 bridgehead atoms. The van der Waals surface area contributed by atoms with Gasteiger partial charge in [-0.15, -0.1) is 0 Å². The van der Waals surface area contributed by atoms with Crippen molar-refractivity contribution < 1.29 is 23.8 Å². The van der Waals surface area contributed by atoms with Crippen LogP contribution in [0.2, 0.25) is 5.02 Å². The lowest BCUT2D eigenvalue weighted by molar-refractivity contribution is -0.150. The van der Waals surface area contributed by atoms with E-state index in [1.165, 1.54) is 0 Å². The van der Waals surface area contributed by atoms with Crippen molar-refractivity contribution in [3.8, 4) is 17.6 Å². The number of aliphatic imine (C=N–C) groups is 1. The largest absolute Gasteiger partial charge is 0.464 e. The Morgan fingerprint density at radius 1 is 1.32 bits per heavy atom. The number of rotatable bonds is 4. The number of carbonyl (C=O) groups excluding carboxylic acids is 2. The van der Waals surface area contributed by atoms with Crippen LogP contribution in [0.1, 0.15) is 12.5 Å². The van der Waals surface area contributed by atoms with Gasteiger partial charge in [0.05, 0.1) is 28.3 Å². The van der Waals surface area contributed by atoms with E-state index in [1.54, 1.807) is 55.5 Å². The third-order valence-electron chi connectivity index (χ3n) is 4.61. The van der Waals surface area contributed by atoms with Crippen molar-refractivity contribution in [2.45, 2.75) is 6.92 Å². The van der Waals surface area contributed by atoms with Crippen LogP contribution in [-0.4, -0.2) is 30.2 Å². The molecule has 4 rings (SSSR count). The minimum absolute atomic E-state index is 0.00135. The predicted octanol–water partition coefficient (Wildman–Crippen LogP) is 4.53. The van der Waals surface area contributed by atoms with Crippen molar-refractivity contribution in [1.82, 2.24) is 0 Å². The third-order valence-corrected chi connectivity index (χ3v) is 6.04. The summed E-state index contributed by atoms with van der Waals surface area (Å²) in [5, 5.41) is 10.3. The second-order valence-corrected chi connectivity index (χ2v) is 7.94. The Bertz CT molecular complexity index is 1190. The first-order valence-corrected chi connectivity index (χ1v) is 10.4. The number of allylic oxidation sites excluding steroid dienone is 1. The smallest absolute Gasteiger partial charge is 0.341 e. The molecule has 0 N–H and O–H groups in total. The summed E-state index contributed by atoms with van der Waals surface area (Å²) in [5.41, 5.74) is -1.20. The Morgan fingerprint density at radius 3 is 2.84 bits per heavy atom. The van der Waals surface area contributed by atoms with Gasteiger partial charge in [0.25, 0.3) is 5.41 Å². The van der Waals surface area contributed by atoms with Gasteiger partial charge in [0, 0.05) is 0 Å². The van der Waals surface area contributed by atoms with Crippen molar-refractivity contribution in [2.75, 3.05) is 13.4 Å². The number of nitriles is 1. The van der Waals surface area contributed by atoms with E-state index in [-0.39, 0.29) is 23.3 Å². The van der Waals surface area contributed by atoms with E-state index in [0.717, 1.165) is 11.8 Å². The quantitative estimate of drug-likeness (QED) is 0.380. The van der Waals surface area contributed by atoms with Crippen molar-refractivity contribution in [2.24, 2.45) is 10.4 Å². The van der Waals surface area contributed by atoms with Gasteiger partial charge in [-0.2, -0.15) is 5.26 Å². The first-order chi connectivity index (χ1) is 15.0. The highest BCUT2D eigenvalue weighted by molar-refractivity contribution is 8.19. The van der Waals surface area contributed by atoms with Gasteiger partial charge < -0.3 is 14.2 Å². The molecule has 31 heavy (non-hydrogen) atoms. The first-order valence-electron chi connectivity index (χ1n) is 9.25. The summed E-state index contributed by atoms with van der Waals surface area (Å²) < 4.78 is 15.7. The number of benzene rings is 2. The number of Topliss-reactive ketones (excluding diaryl/α,β-unsaturated/α-hetero) is 1. The van der Waals surface area contributed by atoms with E-state index in [4.69, 9.17) is 25.8 Å². The van der Waals surface area contributed by atoms with Crippen molar-refractivity contribution in [3.63, 3.8) is 0 Å². The van der Waals surface area contributed by atoms with Gasteiger partial charge in [0.15, 0.2) is 11.5 Å². The topological polar surface area (TPSA) is 98.0 Å². The summed E-state index contributed by atoms with van der Waals surface area (Å²) in [6, 6.07) is 13.7. The highest BCUT2D eigenvalue weighted by Gasteiger charge is 2.59. The summed E-state index contributed by atoms with van der Waals surface area (Å²) in [6.45, 7) is 1.74. The van der Waals surface area contributed by atoms with Crippen LogP contribution in [-0.2, 0) is 14.3 Å². The van der Waals surface area contributed by atoms with Gasteiger partial charge in [-0.1, -0.05) is 41.6 Å². The third kappa shape index (κ3) is 3.67. The van der Waals surface area contributed by atoms with Crippen LogP contribution in [0.15, 0.2) is 52.4 Å². The summed E-state index contributed by atoms with van der Waals surface area (Å²) in [6.07, 6.45) is 1.58. The molecule has 2 heterocycles. The maximum Gasteiger partial charge on any atom is 0.341 e. The number of fused-ring (bicyclic) bond motifs is 1. The standard InChI is InChI=1S/C22H15ClN2O5S/c1-2-28-21(27)22(11-24)19(26)18(10-13-7-8-16-17(9-13)30-12-29-16)31-20(22)25-15-6-4-3-5-14(15)23/h3-10H,2,12H2,1H3/b18-10+,25-20?. The second-order valence-electron chi connectivity index (χ2n) is 6.50. The average Bonchev–Trinajstić information content (AvgIpc) is 3.33. The SMILES string of the molecule is CCOC(=O)C1(C#N)C(=O)/C(=C\c2ccc3c(c2)OCO3)SC1=Nc1ccccc1Cl.